The van der Waals surface area contributed by atoms with Gasteiger partial charge in [0.05, 0.1) is 0 Å². The van der Waals surface area contributed by atoms with E-state index >= 15 is 0 Å². The fraction of sp³-hybridized carbons (Fsp3) is 0.812. The highest BCUT2D eigenvalue weighted by atomic mass is 16.2. The molecule has 6 atom stereocenters. The summed E-state index contributed by atoms with van der Waals surface area (Å²) in [4.78, 5) is 14.6. The van der Waals surface area contributed by atoms with Crippen LogP contribution < -0.4 is 0 Å². The molecule has 2 saturated carbocycles. The van der Waals surface area contributed by atoms with Crippen molar-refractivity contribution in [2.75, 3.05) is 13.1 Å². The number of hydrogen-bond donors (Lipinski definition) is 0. The van der Waals surface area contributed by atoms with Crippen LogP contribution in [0.15, 0.2) is 12.2 Å². The Balaban J connectivity index is 1.57. The Morgan fingerprint density at radius 3 is 1.94 bits per heavy atom. The molecule has 0 radical (unpaired) electrons. The summed E-state index contributed by atoms with van der Waals surface area (Å²) in [6.07, 6.45) is 6.42. The minimum absolute atomic E-state index is 0.219. The predicted octanol–water partition coefficient (Wildman–Crippen LogP) is 2.56. The summed E-state index contributed by atoms with van der Waals surface area (Å²) in [5.41, 5.74) is -0.219. The van der Waals surface area contributed by atoms with E-state index in [9.17, 15) is 4.79 Å². The molecule has 2 heteroatoms. The van der Waals surface area contributed by atoms with Gasteiger partial charge >= 0.3 is 0 Å². The average molecular weight is 245 g/mol. The van der Waals surface area contributed by atoms with Crippen LogP contribution in [-0.2, 0) is 4.79 Å². The Morgan fingerprint density at radius 1 is 1.00 bits per heavy atom. The van der Waals surface area contributed by atoms with E-state index in [-0.39, 0.29) is 5.41 Å². The molecular weight excluding hydrogens is 222 g/mol. The second kappa shape index (κ2) is 3.20. The normalized spacial score (nSPS) is 48.1. The molecule has 0 N–H and O–H groups in total. The van der Waals surface area contributed by atoms with Crippen LogP contribution in [0.25, 0.3) is 0 Å². The first kappa shape index (κ1) is 11.1. The van der Waals surface area contributed by atoms with Crippen LogP contribution in [0.5, 0.6) is 0 Å². The number of amides is 1. The van der Waals surface area contributed by atoms with Gasteiger partial charge in [-0.1, -0.05) is 32.9 Å². The second-order valence-corrected chi connectivity index (χ2v) is 7.89. The smallest absolute Gasteiger partial charge is 0.227 e. The molecule has 98 valence electrons. The molecule has 1 amide bonds. The summed E-state index contributed by atoms with van der Waals surface area (Å²) in [7, 11) is 0. The Kier molecular flexibility index (Phi) is 1.97. The second-order valence-electron chi connectivity index (χ2n) is 7.89. The fourth-order valence-corrected chi connectivity index (χ4v) is 4.89. The number of likely N-dealkylation sites (tertiary alicyclic amines) is 1. The molecule has 0 spiro atoms. The number of carbonyl (C=O) groups excluding carboxylic acids is 1. The molecule has 4 aliphatic carbocycles. The van der Waals surface area contributed by atoms with Crippen LogP contribution in [0.1, 0.15) is 27.2 Å². The third-order valence-electron chi connectivity index (χ3n) is 5.77. The molecular formula is C16H23NO. The van der Waals surface area contributed by atoms with Gasteiger partial charge in [-0.25, -0.2) is 0 Å². The van der Waals surface area contributed by atoms with E-state index in [0.29, 0.717) is 5.91 Å². The number of carbonyl (C=O) groups is 1. The zero-order chi connectivity index (χ0) is 12.7. The van der Waals surface area contributed by atoms with E-state index in [1.165, 1.54) is 6.42 Å². The van der Waals surface area contributed by atoms with E-state index in [1.807, 2.05) is 20.8 Å². The molecule has 5 aliphatic rings. The van der Waals surface area contributed by atoms with Gasteiger partial charge in [-0.15, -0.1) is 0 Å². The summed E-state index contributed by atoms with van der Waals surface area (Å²) < 4.78 is 0. The Labute approximate surface area is 109 Å². The van der Waals surface area contributed by atoms with Crippen molar-refractivity contribution < 1.29 is 4.79 Å². The third kappa shape index (κ3) is 1.32. The maximum atomic E-state index is 12.4. The van der Waals surface area contributed by atoms with Crippen LogP contribution in [0.2, 0.25) is 0 Å². The van der Waals surface area contributed by atoms with Crippen LogP contribution >= 0.6 is 0 Å². The minimum atomic E-state index is -0.219. The molecule has 5 rings (SSSR count). The van der Waals surface area contributed by atoms with Crippen LogP contribution in [0.4, 0.5) is 0 Å². The van der Waals surface area contributed by atoms with Crippen molar-refractivity contribution in [3.05, 3.63) is 12.2 Å². The minimum Gasteiger partial charge on any atom is -0.342 e. The molecule has 1 unspecified atom stereocenters. The first-order chi connectivity index (χ1) is 8.47. The molecule has 1 saturated heterocycles. The lowest BCUT2D eigenvalue weighted by Crippen LogP contribution is -2.38. The molecule has 0 aromatic carbocycles. The Hall–Kier alpha value is -0.790. The van der Waals surface area contributed by atoms with Gasteiger partial charge in [0, 0.05) is 18.5 Å². The monoisotopic (exact) mass is 245 g/mol. The number of allylic oxidation sites excluding steroid dienone is 2. The van der Waals surface area contributed by atoms with Gasteiger partial charge in [0.25, 0.3) is 0 Å². The van der Waals surface area contributed by atoms with Crippen LogP contribution in [-0.4, -0.2) is 23.9 Å². The van der Waals surface area contributed by atoms with Crippen LogP contribution in [0, 0.1) is 40.9 Å². The van der Waals surface area contributed by atoms with Gasteiger partial charge in [-0.05, 0) is 41.9 Å². The van der Waals surface area contributed by atoms with Gasteiger partial charge in [0.15, 0.2) is 0 Å². The quantitative estimate of drug-likeness (QED) is 0.601. The van der Waals surface area contributed by atoms with Gasteiger partial charge in [-0.2, -0.15) is 0 Å². The summed E-state index contributed by atoms with van der Waals surface area (Å²) in [6.45, 7) is 8.18. The maximum absolute atomic E-state index is 12.4. The van der Waals surface area contributed by atoms with E-state index in [0.717, 1.165) is 48.6 Å². The lowest BCUT2D eigenvalue weighted by Gasteiger charge is -2.40. The van der Waals surface area contributed by atoms with E-state index < -0.39 is 0 Å². The molecule has 2 nitrogen and oxygen atoms in total. The highest BCUT2D eigenvalue weighted by Gasteiger charge is 2.61. The van der Waals surface area contributed by atoms with E-state index in [2.05, 4.69) is 17.1 Å². The zero-order valence-electron chi connectivity index (χ0n) is 11.6. The molecule has 0 aromatic heterocycles. The van der Waals surface area contributed by atoms with Crippen molar-refractivity contribution in [1.82, 2.24) is 4.90 Å². The molecule has 1 aliphatic heterocycles. The lowest BCUT2D eigenvalue weighted by molar-refractivity contribution is -0.138. The highest BCUT2D eigenvalue weighted by Crippen LogP contribution is 2.64. The fourth-order valence-electron chi connectivity index (χ4n) is 4.89. The van der Waals surface area contributed by atoms with Crippen molar-refractivity contribution in [3.8, 4) is 0 Å². The van der Waals surface area contributed by atoms with Gasteiger partial charge in [0.1, 0.15) is 0 Å². The number of nitrogens with zero attached hydrogens (tertiary/aromatic N) is 1. The molecule has 0 aromatic rings. The summed E-state index contributed by atoms with van der Waals surface area (Å²) in [5, 5.41) is 0. The Bertz CT molecular complexity index is 407. The predicted molar refractivity (Wildman–Crippen MR) is 70.7 cm³/mol. The molecule has 2 bridgehead atoms. The number of hydrogen-bond acceptors (Lipinski definition) is 1. The number of rotatable bonds is 0. The summed E-state index contributed by atoms with van der Waals surface area (Å²) in [6, 6.07) is 0. The summed E-state index contributed by atoms with van der Waals surface area (Å²) in [5.74, 6) is 5.44. The van der Waals surface area contributed by atoms with Gasteiger partial charge in [-0.3, -0.25) is 4.79 Å². The molecule has 1 heterocycles. The zero-order valence-corrected chi connectivity index (χ0v) is 11.6. The SMILES string of the molecule is CC(C)(C)C(=O)N1CC2[C@@H](C1)[C@H]1C=C[C@@H]2[C@@H]2C[C@H]12. The van der Waals surface area contributed by atoms with Gasteiger partial charge in [0.2, 0.25) is 5.91 Å². The van der Waals surface area contributed by atoms with Crippen molar-refractivity contribution in [2.24, 2.45) is 40.9 Å². The first-order valence-corrected chi connectivity index (χ1v) is 7.44. The standard InChI is InChI=1S/C16H23NO/c1-16(2,3)15(18)17-7-13-9-4-5-10(14(13)8-17)12-6-11(9)12/h4-5,9-14H,6-8H2,1-3H3/t9-,10+,11+,12-,13-,14?/m0/s1. The maximum Gasteiger partial charge on any atom is 0.227 e. The van der Waals surface area contributed by atoms with Crippen molar-refractivity contribution >= 4 is 5.91 Å². The van der Waals surface area contributed by atoms with E-state index in [4.69, 9.17) is 0 Å². The first-order valence-electron chi connectivity index (χ1n) is 7.44. The van der Waals surface area contributed by atoms with Crippen molar-refractivity contribution in [1.29, 1.82) is 0 Å². The molecule has 3 fully saturated rings. The highest BCUT2D eigenvalue weighted by molar-refractivity contribution is 5.81. The summed E-state index contributed by atoms with van der Waals surface area (Å²) >= 11 is 0. The third-order valence-corrected chi connectivity index (χ3v) is 5.77. The lowest BCUT2D eigenvalue weighted by atomic mass is 9.64. The molecule has 18 heavy (non-hydrogen) atoms. The largest absolute Gasteiger partial charge is 0.342 e. The Morgan fingerprint density at radius 2 is 1.50 bits per heavy atom. The van der Waals surface area contributed by atoms with Crippen molar-refractivity contribution in [3.63, 3.8) is 0 Å². The van der Waals surface area contributed by atoms with Crippen LogP contribution in [0.3, 0.4) is 0 Å². The van der Waals surface area contributed by atoms with E-state index in [1.54, 1.807) is 0 Å². The van der Waals surface area contributed by atoms with Gasteiger partial charge < -0.3 is 4.90 Å². The topological polar surface area (TPSA) is 20.3 Å². The average Bonchev–Trinajstić information content (AvgIpc) is 3.00. The van der Waals surface area contributed by atoms with Crippen molar-refractivity contribution in [2.45, 2.75) is 27.2 Å².